The van der Waals surface area contributed by atoms with E-state index in [4.69, 9.17) is 14.7 Å². The predicted octanol–water partition coefficient (Wildman–Crippen LogP) is 3.49. The zero-order valence-electron chi connectivity index (χ0n) is 16.5. The van der Waals surface area contributed by atoms with Crippen LogP contribution in [0.1, 0.15) is 9.67 Å². The second-order valence-electron chi connectivity index (χ2n) is 7.05. The zero-order chi connectivity index (χ0) is 21.2. The first-order valence-corrected chi connectivity index (χ1v) is 11.4. The van der Waals surface area contributed by atoms with Gasteiger partial charge in [-0.3, -0.25) is 10.0 Å². The molecule has 0 atom stereocenters. The average molecular weight is 457 g/mol. The van der Waals surface area contributed by atoms with E-state index in [0.717, 1.165) is 53.9 Å². The van der Waals surface area contributed by atoms with Crippen molar-refractivity contribution in [1.29, 1.82) is 0 Å². The topological polar surface area (TPSA) is 87.2 Å². The third kappa shape index (κ3) is 4.33. The van der Waals surface area contributed by atoms with Gasteiger partial charge in [0.05, 0.1) is 6.20 Å². The normalized spacial score (nSPS) is 15.8. The molecule has 2 N–H and O–H groups in total. The van der Waals surface area contributed by atoms with Gasteiger partial charge in [-0.2, -0.15) is 0 Å². The Morgan fingerprint density at radius 2 is 1.77 bits per heavy atom. The third-order valence-electron chi connectivity index (χ3n) is 5.12. The molecule has 31 heavy (non-hydrogen) atoms. The van der Waals surface area contributed by atoms with E-state index in [2.05, 4.69) is 38.5 Å². The molecule has 2 aromatic carbocycles. The lowest BCUT2D eigenvalue weighted by molar-refractivity contribution is 0.0710. The summed E-state index contributed by atoms with van der Waals surface area (Å²) in [4.78, 5) is 19.6. The van der Waals surface area contributed by atoms with Crippen molar-refractivity contribution >= 4 is 34.3 Å². The molecule has 10 heteroatoms. The maximum atomic E-state index is 11.5. The summed E-state index contributed by atoms with van der Waals surface area (Å²) < 4.78 is 13.2. The molecule has 2 aliphatic heterocycles. The molecule has 2 aliphatic rings. The quantitative estimate of drug-likeness (QED) is 0.343. The molecule has 8 nitrogen and oxygen atoms in total. The number of rotatable bonds is 5. The highest BCUT2D eigenvalue weighted by molar-refractivity contribution is 7.97. The summed E-state index contributed by atoms with van der Waals surface area (Å²) in [6.07, 6.45) is 1.49. The molecule has 1 saturated heterocycles. The van der Waals surface area contributed by atoms with Gasteiger partial charge < -0.3 is 14.4 Å². The number of ether oxygens (including phenoxy) is 2. The number of hydrogen-bond donors (Lipinski definition) is 2. The average Bonchev–Trinajstić information content (AvgIpc) is 3.49. The SMILES string of the molecule is O=C(NO)c1cnc(N2CCN(Sc3ccc(-c4ccc5c(c4)OCO5)cc3)CC2)s1. The first-order valence-electron chi connectivity index (χ1n) is 9.78. The van der Waals surface area contributed by atoms with Gasteiger partial charge in [-0.1, -0.05) is 29.5 Å². The van der Waals surface area contributed by atoms with E-state index in [-0.39, 0.29) is 6.79 Å². The largest absolute Gasteiger partial charge is 0.454 e. The second-order valence-corrected chi connectivity index (χ2v) is 9.23. The van der Waals surface area contributed by atoms with Crippen LogP contribution in [0.3, 0.4) is 0 Å². The van der Waals surface area contributed by atoms with Crippen molar-refractivity contribution in [3.05, 3.63) is 53.5 Å². The van der Waals surface area contributed by atoms with Gasteiger partial charge in [-0.05, 0) is 47.3 Å². The summed E-state index contributed by atoms with van der Waals surface area (Å²) in [6.45, 7) is 3.71. The van der Waals surface area contributed by atoms with Crippen LogP contribution in [0, 0.1) is 0 Å². The number of nitrogens with one attached hydrogen (secondary N) is 1. The number of anilines is 1. The number of thiazole rings is 1. The van der Waals surface area contributed by atoms with Crippen LogP contribution in [-0.2, 0) is 0 Å². The molecule has 0 unspecified atom stereocenters. The van der Waals surface area contributed by atoms with E-state index in [9.17, 15) is 4.79 Å². The van der Waals surface area contributed by atoms with Gasteiger partial charge in [0.25, 0.3) is 5.91 Å². The highest BCUT2D eigenvalue weighted by Crippen LogP contribution is 2.36. The van der Waals surface area contributed by atoms with Gasteiger partial charge in [0.15, 0.2) is 16.6 Å². The highest BCUT2D eigenvalue weighted by Gasteiger charge is 2.21. The van der Waals surface area contributed by atoms with Gasteiger partial charge in [0, 0.05) is 31.1 Å². The number of fused-ring (bicyclic) bond motifs is 1. The molecular weight excluding hydrogens is 436 g/mol. The van der Waals surface area contributed by atoms with Crippen molar-refractivity contribution in [2.24, 2.45) is 0 Å². The van der Waals surface area contributed by atoms with E-state index >= 15 is 0 Å². The predicted molar refractivity (Wildman–Crippen MR) is 119 cm³/mol. The van der Waals surface area contributed by atoms with Gasteiger partial charge in [-0.15, -0.1) is 0 Å². The molecule has 0 spiro atoms. The van der Waals surface area contributed by atoms with Gasteiger partial charge in [0.1, 0.15) is 4.88 Å². The number of carbonyl (C=O) groups excluding carboxylic acids is 1. The maximum Gasteiger partial charge on any atom is 0.286 e. The zero-order valence-corrected chi connectivity index (χ0v) is 18.1. The van der Waals surface area contributed by atoms with Crippen molar-refractivity contribution in [1.82, 2.24) is 14.8 Å². The van der Waals surface area contributed by atoms with E-state index in [1.165, 1.54) is 22.4 Å². The van der Waals surface area contributed by atoms with Crippen LogP contribution in [0.4, 0.5) is 5.13 Å². The Hall–Kier alpha value is -2.79. The van der Waals surface area contributed by atoms with Crippen LogP contribution in [0.2, 0.25) is 0 Å². The maximum absolute atomic E-state index is 11.5. The van der Waals surface area contributed by atoms with Crippen LogP contribution >= 0.6 is 23.3 Å². The van der Waals surface area contributed by atoms with Gasteiger partial charge in [0.2, 0.25) is 6.79 Å². The highest BCUT2D eigenvalue weighted by atomic mass is 32.2. The standard InChI is InChI=1S/C21H20N4O4S2/c26-20(23-27)19-12-22-21(30-19)24-7-9-25(10-8-24)31-16-4-1-14(2-5-16)15-3-6-17-18(11-15)29-13-28-17/h1-6,11-12,27H,7-10,13H2,(H,23,26). The number of hydrogen-bond acceptors (Lipinski definition) is 9. The molecule has 1 amide bonds. The Morgan fingerprint density at radius 1 is 1.03 bits per heavy atom. The number of piperazine rings is 1. The molecule has 3 aromatic rings. The van der Waals surface area contributed by atoms with Crippen LogP contribution in [0.5, 0.6) is 11.5 Å². The van der Waals surface area contributed by atoms with E-state index in [1.807, 2.05) is 18.2 Å². The fourth-order valence-corrected chi connectivity index (χ4v) is 5.23. The van der Waals surface area contributed by atoms with Crippen molar-refractivity contribution in [2.45, 2.75) is 4.90 Å². The van der Waals surface area contributed by atoms with Crippen molar-refractivity contribution in [2.75, 3.05) is 37.9 Å². The molecule has 0 saturated carbocycles. The smallest absolute Gasteiger partial charge is 0.286 e. The van der Waals surface area contributed by atoms with E-state index in [0.29, 0.717) is 4.88 Å². The summed E-state index contributed by atoms with van der Waals surface area (Å²) in [5.41, 5.74) is 3.89. The molecule has 3 heterocycles. The van der Waals surface area contributed by atoms with E-state index in [1.54, 1.807) is 17.4 Å². The minimum atomic E-state index is -0.526. The molecule has 0 radical (unpaired) electrons. The number of nitrogens with zero attached hydrogens (tertiary/aromatic N) is 3. The summed E-state index contributed by atoms with van der Waals surface area (Å²) in [5, 5.41) is 9.55. The van der Waals surface area contributed by atoms with Gasteiger partial charge in [-0.25, -0.2) is 14.8 Å². The molecule has 160 valence electrons. The molecule has 1 fully saturated rings. The lowest BCUT2D eigenvalue weighted by Gasteiger charge is -2.33. The lowest BCUT2D eigenvalue weighted by Crippen LogP contribution is -2.43. The summed E-state index contributed by atoms with van der Waals surface area (Å²) in [6, 6.07) is 14.5. The molecule has 0 aliphatic carbocycles. The Bertz CT molecular complexity index is 1080. The summed E-state index contributed by atoms with van der Waals surface area (Å²) in [5.74, 6) is 1.06. The van der Waals surface area contributed by atoms with Crippen LogP contribution in [0.25, 0.3) is 11.1 Å². The fraction of sp³-hybridized carbons (Fsp3) is 0.238. The number of benzene rings is 2. The minimum Gasteiger partial charge on any atom is -0.454 e. The Kier molecular flexibility index (Phi) is 5.68. The number of amides is 1. The van der Waals surface area contributed by atoms with Crippen molar-refractivity contribution in [3.8, 4) is 22.6 Å². The molecular formula is C21H20N4O4S2. The third-order valence-corrected chi connectivity index (χ3v) is 7.29. The first kappa shape index (κ1) is 20.1. The Balaban J connectivity index is 1.17. The second kappa shape index (κ2) is 8.75. The minimum absolute atomic E-state index is 0.281. The number of aromatic nitrogens is 1. The molecule has 1 aromatic heterocycles. The monoisotopic (exact) mass is 456 g/mol. The van der Waals surface area contributed by atoms with E-state index < -0.39 is 5.91 Å². The number of carbonyl (C=O) groups is 1. The summed E-state index contributed by atoms with van der Waals surface area (Å²) in [7, 11) is 0. The van der Waals surface area contributed by atoms with Crippen LogP contribution in [-0.4, -0.2) is 53.4 Å². The lowest BCUT2D eigenvalue weighted by atomic mass is 10.1. The molecule has 0 bridgehead atoms. The number of hydroxylamine groups is 1. The Labute approximate surface area is 187 Å². The summed E-state index contributed by atoms with van der Waals surface area (Å²) >= 11 is 3.03. The molecule has 5 rings (SSSR count). The van der Waals surface area contributed by atoms with Gasteiger partial charge >= 0.3 is 0 Å². The van der Waals surface area contributed by atoms with Crippen LogP contribution in [0.15, 0.2) is 53.6 Å². The fourth-order valence-electron chi connectivity index (χ4n) is 3.48. The van der Waals surface area contributed by atoms with Crippen LogP contribution < -0.4 is 19.9 Å². The van der Waals surface area contributed by atoms with Crippen molar-refractivity contribution in [3.63, 3.8) is 0 Å². The Morgan fingerprint density at radius 3 is 2.55 bits per heavy atom. The first-order chi connectivity index (χ1) is 15.2. The van der Waals surface area contributed by atoms with Crippen molar-refractivity contribution < 1.29 is 19.5 Å².